The highest BCUT2D eigenvalue weighted by molar-refractivity contribution is 5.93. The molecule has 0 aliphatic rings. The Hall–Kier alpha value is -2.30. The lowest BCUT2D eigenvalue weighted by molar-refractivity contribution is -0.116. The van der Waals surface area contributed by atoms with E-state index in [9.17, 15) is 4.79 Å². The van der Waals surface area contributed by atoms with E-state index in [4.69, 9.17) is 5.73 Å². The topological polar surface area (TPSA) is 72.9 Å². The normalized spacial score (nSPS) is 10.5. The molecule has 0 fully saturated rings. The molecule has 2 aromatic rings. The number of nitrogens with zero attached hydrogens (tertiary/aromatic N) is 2. The summed E-state index contributed by atoms with van der Waals surface area (Å²) in [6.45, 7) is 5.97. The van der Waals surface area contributed by atoms with Gasteiger partial charge in [-0.15, -0.1) is 0 Å². The average molecular weight is 258 g/mol. The average Bonchev–Trinajstić information content (AvgIpc) is 2.61. The van der Waals surface area contributed by atoms with Crippen molar-refractivity contribution in [2.24, 2.45) is 0 Å². The molecule has 5 nitrogen and oxygen atoms in total. The number of carbonyl (C=O) groups excluding carboxylic acids is 1. The van der Waals surface area contributed by atoms with Crippen molar-refractivity contribution in [2.75, 3.05) is 11.1 Å². The molecule has 1 aromatic carbocycles. The van der Waals surface area contributed by atoms with Crippen molar-refractivity contribution in [3.05, 3.63) is 41.2 Å². The summed E-state index contributed by atoms with van der Waals surface area (Å²) in [7, 11) is 0. The van der Waals surface area contributed by atoms with Gasteiger partial charge < -0.3 is 11.1 Å². The van der Waals surface area contributed by atoms with Gasteiger partial charge in [0.1, 0.15) is 6.54 Å². The molecule has 1 heterocycles. The fourth-order valence-corrected chi connectivity index (χ4v) is 1.96. The lowest BCUT2D eigenvalue weighted by atomic mass is 10.2. The second-order valence-electron chi connectivity index (χ2n) is 4.72. The molecular weight excluding hydrogens is 240 g/mol. The maximum absolute atomic E-state index is 12.0. The highest BCUT2D eigenvalue weighted by atomic mass is 16.2. The molecule has 19 heavy (non-hydrogen) atoms. The van der Waals surface area contributed by atoms with Gasteiger partial charge in [-0.1, -0.05) is 6.07 Å². The third-order valence-corrected chi connectivity index (χ3v) is 2.88. The summed E-state index contributed by atoms with van der Waals surface area (Å²) in [6, 6.07) is 7.49. The molecule has 0 aliphatic carbocycles. The minimum atomic E-state index is -0.137. The predicted molar refractivity (Wildman–Crippen MR) is 75.9 cm³/mol. The first-order valence-corrected chi connectivity index (χ1v) is 6.13. The molecule has 0 saturated carbocycles. The van der Waals surface area contributed by atoms with E-state index >= 15 is 0 Å². The second-order valence-corrected chi connectivity index (χ2v) is 4.72. The number of nitrogens with one attached hydrogen (secondary N) is 1. The fraction of sp³-hybridized carbons (Fsp3) is 0.286. The van der Waals surface area contributed by atoms with Crippen LogP contribution in [0.2, 0.25) is 0 Å². The molecule has 1 aromatic heterocycles. The van der Waals surface area contributed by atoms with Crippen molar-refractivity contribution in [3.8, 4) is 0 Å². The fourth-order valence-electron chi connectivity index (χ4n) is 1.96. The highest BCUT2D eigenvalue weighted by Crippen LogP contribution is 2.19. The molecule has 0 atom stereocenters. The molecule has 0 unspecified atom stereocenters. The second kappa shape index (κ2) is 5.14. The van der Waals surface area contributed by atoms with Crippen molar-refractivity contribution in [1.82, 2.24) is 9.78 Å². The molecule has 3 N–H and O–H groups in total. The number of hydrogen-bond donors (Lipinski definition) is 2. The van der Waals surface area contributed by atoms with Gasteiger partial charge >= 0.3 is 0 Å². The zero-order chi connectivity index (χ0) is 14.0. The molecule has 1 amide bonds. The Morgan fingerprint density at radius 1 is 1.32 bits per heavy atom. The number of amides is 1. The monoisotopic (exact) mass is 258 g/mol. The Labute approximate surface area is 112 Å². The standard InChI is InChI=1S/C14H18N4O/c1-9-4-5-13(12(15)6-9)16-14(19)8-18-11(3)7-10(2)17-18/h4-7H,8,15H2,1-3H3,(H,16,19). The summed E-state index contributed by atoms with van der Waals surface area (Å²) in [5.41, 5.74) is 10.00. The largest absolute Gasteiger partial charge is 0.397 e. The van der Waals surface area contributed by atoms with E-state index in [1.165, 1.54) is 0 Å². The van der Waals surface area contributed by atoms with E-state index in [1.807, 2.05) is 45.0 Å². The zero-order valence-electron chi connectivity index (χ0n) is 11.4. The molecule has 100 valence electrons. The number of carbonyl (C=O) groups is 1. The van der Waals surface area contributed by atoms with Gasteiger partial charge in [-0.25, -0.2) is 0 Å². The SMILES string of the molecule is Cc1ccc(NC(=O)Cn2nc(C)cc2C)c(N)c1. The molecule has 0 radical (unpaired) electrons. The van der Waals surface area contributed by atoms with Crippen LogP contribution >= 0.6 is 0 Å². The number of nitrogens with two attached hydrogens (primary N) is 1. The summed E-state index contributed by atoms with van der Waals surface area (Å²) in [5.74, 6) is -0.137. The minimum Gasteiger partial charge on any atom is -0.397 e. The van der Waals surface area contributed by atoms with E-state index in [1.54, 1.807) is 4.68 Å². The first kappa shape index (κ1) is 13.1. The van der Waals surface area contributed by atoms with Crippen LogP contribution in [-0.4, -0.2) is 15.7 Å². The van der Waals surface area contributed by atoms with Crippen LogP contribution in [0.15, 0.2) is 24.3 Å². The lowest BCUT2D eigenvalue weighted by Crippen LogP contribution is -2.20. The summed E-state index contributed by atoms with van der Waals surface area (Å²) < 4.78 is 1.68. The van der Waals surface area contributed by atoms with Gasteiger partial charge in [0.25, 0.3) is 0 Å². The molecular formula is C14H18N4O. The van der Waals surface area contributed by atoms with Gasteiger partial charge in [0.15, 0.2) is 0 Å². The third-order valence-electron chi connectivity index (χ3n) is 2.88. The number of rotatable bonds is 3. The van der Waals surface area contributed by atoms with E-state index in [-0.39, 0.29) is 12.5 Å². The lowest BCUT2D eigenvalue weighted by Gasteiger charge is -2.09. The summed E-state index contributed by atoms with van der Waals surface area (Å²) in [6.07, 6.45) is 0. The molecule has 0 bridgehead atoms. The Bertz CT molecular complexity index is 616. The molecule has 0 saturated heterocycles. The molecule has 0 spiro atoms. The van der Waals surface area contributed by atoms with Crippen LogP contribution in [0.1, 0.15) is 17.0 Å². The smallest absolute Gasteiger partial charge is 0.246 e. The van der Waals surface area contributed by atoms with Crippen molar-refractivity contribution < 1.29 is 4.79 Å². The van der Waals surface area contributed by atoms with Gasteiger partial charge in [0.05, 0.1) is 17.1 Å². The van der Waals surface area contributed by atoms with Gasteiger partial charge in [0.2, 0.25) is 5.91 Å². The van der Waals surface area contributed by atoms with Crippen molar-refractivity contribution in [1.29, 1.82) is 0 Å². The maximum Gasteiger partial charge on any atom is 0.246 e. The van der Waals surface area contributed by atoms with Crippen LogP contribution in [0, 0.1) is 20.8 Å². The van der Waals surface area contributed by atoms with Crippen LogP contribution in [0.25, 0.3) is 0 Å². The van der Waals surface area contributed by atoms with Gasteiger partial charge in [-0.05, 0) is 44.5 Å². The Morgan fingerprint density at radius 2 is 2.05 bits per heavy atom. The molecule has 2 rings (SSSR count). The first-order chi connectivity index (χ1) is 8.95. The van der Waals surface area contributed by atoms with Gasteiger partial charge in [-0.3, -0.25) is 9.48 Å². The molecule has 5 heteroatoms. The van der Waals surface area contributed by atoms with Crippen molar-refractivity contribution >= 4 is 17.3 Å². The maximum atomic E-state index is 12.0. The van der Waals surface area contributed by atoms with Crippen LogP contribution in [0.5, 0.6) is 0 Å². The number of benzene rings is 1. The number of anilines is 2. The zero-order valence-corrected chi connectivity index (χ0v) is 11.4. The Balaban J connectivity index is 2.07. The first-order valence-electron chi connectivity index (χ1n) is 6.13. The van der Waals surface area contributed by atoms with Gasteiger partial charge in [0, 0.05) is 5.69 Å². The van der Waals surface area contributed by atoms with E-state index in [0.29, 0.717) is 11.4 Å². The number of aromatic nitrogens is 2. The van der Waals surface area contributed by atoms with Crippen LogP contribution in [0.4, 0.5) is 11.4 Å². The summed E-state index contributed by atoms with van der Waals surface area (Å²) in [4.78, 5) is 12.0. The number of hydrogen-bond acceptors (Lipinski definition) is 3. The van der Waals surface area contributed by atoms with Gasteiger partial charge in [-0.2, -0.15) is 5.10 Å². The Morgan fingerprint density at radius 3 is 2.63 bits per heavy atom. The highest BCUT2D eigenvalue weighted by Gasteiger charge is 2.09. The van der Waals surface area contributed by atoms with E-state index in [2.05, 4.69) is 10.4 Å². The third kappa shape index (κ3) is 3.13. The summed E-state index contributed by atoms with van der Waals surface area (Å²) >= 11 is 0. The van der Waals surface area contributed by atoms with Crippen LogP contribution in [-0.2, 0) is 11.3 Å². The predicted octanol–water partition coefficient (Wildman–Crippen LogP) is 2.03. The van der Waals surface area contributed by atoms with E-state index < -0.39 is 0 Å². The van der Waals surface area contributed by atoms with Crippen molar-refractivity contribution in [2.45, 2.75) is 27.3 Å². The number of nitrogen functional groups attached to an aromatic ring is 1. The van der Waals surface area contributed by atoms with Crippen LogP contribution in [0.3, 0.4) is 0 Å². The Kier molecular flexibility index (Phi) is 3.55. The van der Waals surface area contributed by atoms with E-state index in [0.717, 1.165) is 17.0 Å². The molecule has 0 aliphatic heterocycles. The summed E-state index contributed by atoms with van der Waals surface area (Å²) in [5, 5.41) is 7.05. The quantitative estimate of drug-likeness (QED) is 0.827. The van der Waals surface area contributed by atoms with Crippen molar-refractivity contribution in [3.63, 3.8) is 0 Å². The minimum absolute atomic E-state index is 0.137. The van der Waals surface area contributed by atoms with Crippen LogP contribution < -0.4 is 11.1 Å². The number of aryl methyl sites for hydroxylation is 3.